The van der Waals surface area contributed by atoms with E-state index in [-0.39, 0.29) is 5.41 Å². The third-order valence-corrected chi connectivity index (χ3v) is 2.92. The van der Waals surface area contributed by atoms with Gasteiger partial charge in [-0.15, -0.1) is 0 Å². The number of hydrogen-bond donors (Lipinski definition) is 0. The van der Waals surface area contributed by atoms with Gasteiger partial charge in [0.1, 0.15) is 0 Å². The second-order valence-corrected chi connectivity index (χ2v) is 5.19. The van der Waals surface area contributed by atoms with Crippen LogP contribution in [0, 0.1) is 6.92 Å². The van der Waals surface area contributed by atoms with E-state index in [1.54, 1.807) is 0 Å². The average Bonchev–Trinajstić information content (AvgIpc) is 2.48. The first kappa shape index (κ1) is 9.51. The van der Waals surface area contributed by atoms with E-state index in [1.807, 2.05) is 0 Å². The number of aryl methyl sites for hydroxylation is 1. The van der Waals surface area contributed by atoms with Crippen LogP contribution in [-0.4, -0.2) is 0 Å². The molecule has 0 aliphatic heterocycles. The van der Waals surface area contributed by atoms with E-state index in [0.717, 1.165) is 6.42 Å². The molecule has 1 aliphatic carbocycles. The van der Waals surface area contributed by atoms with E-state index < -0.39 is 0 Å². The van der Waals surface area contributed by atoms with Crippen molar-refractivity contribution in [3.05, 3.63) is 40.5 Å². The van der Waals surface area contributed by atoms with Crippen molar-refractivity contribution >= 4 is 6.08 Å². The molecule has 0 N–H and O–H groups in total. The van der Waals surface area contributed by atoms with Crippen LogP contribution in [-0.2, 0) is 11.8 Å². The summed E-state index contributed by atoms with van der Waals surface area (Å²) in [4.78, 5) is 0. The summed E-state index contributed by atoms with van der Waals surface area (Å²) in [5.41, 5.74) is 6.15. The van der Waals surface area contributed by atoms with Crippen molar-refractivity contribution in [2.75, 3.05) is 0 Å². The van der Waals surface area contributed by atoms with Gasteiger partial charge in [0.15, 0.2) is 0 Å². The first-order valence-corrected chi connectivity index (χ1v) is 5.29. The molecule has 0 heteroatoms. The first-order valence-electron chi connectivity index (χ1n) is 5.29. The maximum atomic E-state index is 2.29. The van der Waals surface area contributed by atoms with Crippen LogP contribution in [0.1, 0.15) is 43.0 Å². The number of rotatable bonds is 0. The van der Waals surface area contributed by atoms with Crippen LogP contribution in [0.3, 0.4) is 0 Å². The maximum Gasteiger partial charge on any atom is -0.00881 e. The molecule has 0 atom stereocenters. The molecule has 0 nitrogen and oxygen atoms in total. The van der Waals surface area contributed by atoms with E-state index in [2.05, 4.69) is 52.0 Å². The molecule has 0 fully saturated rings. The Morgan fingerprint density at radius 1 is 1.14 bits per heavy atom. The van der Waals surface area contributed by atoms with Gasteiger partial charge in [0.2, 0.25) is 0 Å². The summed E-state index contributed by atoms with van der Waals surface area (Å²) in [5, 5.41) is 0. The Balaban J connectivity index is 2.69. The van der Waals surface area contributed by atoms with Gasteiger partial charge in [-0.25, -0.2) is 0 Å². The van der Waals surface area contributed by atoms with Crippen molar-refractivity contribution in [3.8, 4) is 0 Å². The standard InChI is InChI=1S/C14H18/c1-10-8-9-11-6-5-7-12(11)13(10)14(2,3)4/h5,7-9H,6H2,1-4H3. The van der Waals surface area contributed by atoms with Crippen LogP contribution in [0.25, 0.3) is 6.08 Å². The van der Waals surface area contributed by atoms with Crippen LogP contribution in [0.2, 0.25) is 0 Å². The van der Waals surface area contributed by atoms with Crippen molar-refractivity contribution in [1.82, 2.24) is 0 Å². The van der Waals surface area contributed by atoms with Crippen LogP contribution in [0.15, 0.2) is 18.2 Å². The molecular formula is C14H18. The third-order valence-electron chi connectivity index (χ3n) is 2.92. The fraction of sp³-hybridized carbons (Fsp3) is 0.429. The smallest absolute Gasteiger partial charge is 0.00881 e. The van der Waals surface area contributed by atoms with Crippen molar-refractivity contribution in [2.24, 2.45) is 0 Å². The molecule has 0 heterocycles. The monoisotopic (exact) mass is 186 g/mol. The Labute approximate surface area is 86.7 Å². The van der Waals surface area contributed by atoms with Crippen molar-refractivity contribution in [3.63, 3.8) is 0 Å². The van der Waals surface area contributed by atoms with Crippen molar-refractivity contribution in [2.45, 2.75) is 39.5 Å². The van der Waals surface area contributed by atoms with Gasteiger partial charge in [-0.1, -0.05) is 45.1 Å². The molecule has 0 amide bonds. The highest BCUT2D eigenvalue weighted by atomic mass is 14.3. The summed E-state index contributed by atoms with van der Waals surface area (Å²) in [7, 11) is 0. The van der Waals surface area contributed by atoms with E-state index in [4.69, 9.17) is 0 Å². The Morgan fingerprint density at radius 3 is 2.50 bits per heavy atom. The second-order valence-electron chi connectivity index (χ2n) is 5.19. The lowest BCUT2D eigenvalue weighted by Crippen LogP contribution is -2.15. The fourth-order valence-corrected chi connectivity index (χ4v) is 2.44. The number of allylic oxidation sites excluding steroid dienone is 1. The quantitative estimate of drug-likeness (QED) is 0.577. The number of hydrogen-bond acceptors (Lipinski definition) is 0. The SMILES string of the molecule is Cc1ccc2c(c1C(C)(C)C)C=CC2. The van der Waals surface area contributed by atoms with Crippen molar-refractivity contribution in [1.29, 1.82) is 0 Å². The number of benzene rings is 1. The van der Waals surface area contributed by atoms with Gasteiger partial charge < -0.3 is 0 Å². The highest BCUT2D eigenvalue weighted by Crippen LogP contribution is 2.34. The van der Waals surface area contributed by atoms with E-state index in [0.29, 0.717) is 0 Å². The molecule has 0 saturated carbocycles. The minimum absolute atomic E-state index is 0.254. The molecule has 1 aliphatic rings. The average molecular weight is 186 g/mol. The molecule has 1 aromatic rings. The zero-order valence-electron chi connectivity index (χ0n) is 9.52. The Kier molecular flexibility index (Phi) is 2.02. The van der Waals surface area contributed by atoms with Gasteiger partial charge in [0.25, 0.3) is 0 Å². The summed E-state index contributed by atoms with van der Waals surface area (Å²) in [5.74, 6) is 0. The van der Waals surface area contributed by atoms with E-state index >= 15 is 0 Å². The van der Waals surface area contributed by atoms with Gasteiger partial charge in [0, 0.05) is 0 Å². The summed E-state index contributed by atoms with van der Waals surface area (Å²) in [6.07, 6.45) is 5.65. The first-order chi connectivity index (χ1) is 6.50. The predicted octanol–water partition coefficient (Wildman–Crippen LogP) is 3.86. The van der Waals surface area contributed by atoms with Gasteiger partial charge in [-0.2, -0.15) is 0 Å². The van der Waals surface area contributed by atoms with Gasteiger partial charge in [0.05, 0.1) is 0 Å². The highest BCUT2D eigenvalue weighted by Gasteiger charge is 2.22. The zero-order chi connectivity index (χ0) is 10.3. The summed E-state index contributed by atoms with van der Waals surface area (Å²) >= 11 is 0. The van der Waals surface area contributed by atoms with Crippen LogP contribution in [0.4, 0.5) is 0 Å². The lowest BCUT2D eigenvalue weighted by atomic mass is 9.80. The molecule has 14 heavy (non-hydrogen) atoms. The molecule has 0 aromatic heterocycles. The van der Waals surface area contributed by atoms with Crippen LogP contribution < -0.4 is 0 Å². The lowest BCUT2D eigenvalue weighted by molar-refractivity contribution is 0.584. The molecule has 2 rings (SSSR count). The summed E-state index contributed by atoms with van der Waals surface area (Å²) < 4.78 is 0. The molecular weight excluding hydrogens is 168 g/mol. The maximum absolute atomic E-state index is 2.29. The fourth-order valence-electron chi connectivity index (χ4n) is 2.44. The third kappa shape index (κ3) is 1.39. The number of fused-ring (bicyclic) bond motifs is 1. The van der Waals surface area contributed by atoms with Gasteiger partial charge in [-0.3, -0.25) is 0 Å². The normalized spacial score (nSPS) is 14.6. The summed E-state index contributed by atoms with van der Waals surface area (Å²) in [6.45, 7) is 9.10. The van der Waals surface area contributed by atoms with E-state index in [9.17, 15) is 0 Å². The second kappa shape index (κ2) is 2.98. The molecule has 0 bridgehead atoms. The molecule has 1 aromatic carbocycles. The largest absolute Gasteiger partial charge is 0.0795 e. The molecule has 0 unspecified atom stereocenters. The Bertz CT molecular complexity index is 389. The molecule has 74 valence electrons. The van der Waals surface area contributed by atoms with Crippen LogP contribution in [0.5, 0.6) is 0 Å². The minimum Gasteiger partial charge on any atom is -0.0795 e. The molecule has 0 spiro atoms. The predicted molar refractivity (Wildman–Crippen MR) is 62.6 cm³/mol. The molecule has 0 saturated heterocycles. The Hall–Kier alpha value is -1.04. The zero-order valence-corrected chi connectivity index (χ0v) is 9.52. The lowest BCUT2D eigenvalue weighted by Gasteiger charge is -2.24. The van der Waals surface area contributed by atoms with Gasteiger partial charge >= 0.3 is 0 Å². The Morgan fingerprint density at radius 2 is 1.86 bits per heavy atom. The van der Waals surface area contributed by atoms with Gasteiger partial charge in [-0.05, 0) is 41.0 Å². The minimum atomic E-state index is 0.254. The summed E-state index contributed by atoms with van der Waals surface area (Å²) in [6, 6.07) is 4.52. The van der Waals surface area contributed by atoms with Crippen molar-refractivity contribution < 1.29 is 0 Å². The van der Waals surface area contributed by atoms with Crippen LogP contribution >= 0.6 is 0 Å². The van der Waals surface area contributed by atoms with E-state index in [1.165, 1.54) is 22.3 Å². The molecule has 0 radical (unpaired) electrons. The topological polar surface area (TPSA) is 0 Å². The highest BCUT2D eigenvalue weighted by molar-refractivity contribution is 5.66.